The van der Waals surface area contributed by atoms with E-state index in [1.165, 1.54) is 12.7 Å². The van der Waals surface area contributed by atoms with Crippen molar-refractivity contribution in [3.05, 3.63) is 69.4 Å². The van der Waals surface area contributed by atoms with Crippen molar-refractivity contribution in [2.45, 2.75) is 183 Å². The van der Waals surface area contributed by atoms with Crippen molar-refractivity contribution in [1.29, 1.82) is 0 Å². The summed E-state index contributed by atoms with van der Waals surface area (Å²) >= 11 is 0. The molecule has 0 aromatic heterocycles. The number of benzene rings is 1. The van der Waals surface area contributed by atoms with Gasteiger partial charge < -0.3 is 19.3 Å². The number of hydrogen-bond acceptors (Lipinski definition) is 8. The van der Waals surface area contributed by atoms with E-state index in [1.54, 1.807) is 13.0 Å². The number of esters is 1. The summed E-state index contributed by atoms with van der Waals surface area (Å²) in [6, 6.07) is 1.91. The molecule has 6 saturated carbocycles. The fraction of sp³-hybridized carbons (Fsp3) is 0.690. The van der Waals surface area contributed by atoms with Crippen LogP contribution in [0.15, 0.2) is 52.7 Å². The second-order valence-electron chi connectivity index (χ2n) is 26.3. The van der Waals surface area contributed by atoms with E-state index in [9.17, 15) is 24.3 Å². The van der Waals surface area contributed by atoms with Crippen molar-refractivity contribution in [3.8, 4) is 11.5 Å². The Labute approximate surface area is 392 Å². The van der Waals surface area contributed by atoms with Crippen LogP contribution in [-0.4, -0.2) is 46.9 Å². The molecule has 1 N–H and O–H groups in total. The second-order valence-corrected chi connectivity index (χ2v) is 26.3. The largest absolute Gasteiger partial charge is 0.471 e. The molecule has 11 rings (SSSR count). The van der Waals surface area contributed by atoms with Gasteiger partial charge in [0, 0.05) is 39.9 Å². The minimum absolute atomic E-state index is 0.0393. The number of aliphatic hydroxyl groups is 1. The second kappa shape index (κ2) is 12.9. The number of methoxy groups -OCH3 is 1. The number of ether oxygens (including phenoxy) is 3. The van der Waals surface area contributed by atoms with Gasteiger partial charge >= 0.3 is 11.8 Å². The highest BCUT2D eigenvalue weighted by Gasteiger charge is 2.72. The zero-order chi connectivity index (χ0) is 47.6. The Morgan fingerprint density at radius 3 is 2.02 bits per heavy atom. The molecular formula is C58H74O8. The van der Waals surface area contributed by atoms with Crippen LogP contribution in [0.1, 0.15) is 181 Å². The molecule has 0 radical (unpaired) electrons. The topological polar surface area (TPSA) is 116 Å². The molecule has 0 saturated heterocycles. The number of carbonyl (C=O) groups is 4. The first-order valence-electron chi connectivity index (χ1n) is 25.5. The number of Topliss-reactive ketones (excluding diaryl/α,β-unsaturated/α-hetero) is 1. The maximum absolute atomic E-state index is 14.9. The van der Waals surface area contributed by atoms with Gasteiger partial charge in [-0.1, -0.05) is 80.0 Å². The zero-order valence-corrected chi connectivity index (χ0v) is 42.1. The van der Waals surface area contributed by atoms with Crippen LogP contribution >= 0.6 is 0 Å². The fourth-order valence-electron chi connectivity index (χ4n) is 18.4. The van der Waals surface area contributed by atoms with Crippen LogP contribution in [0.2, 0.25) is 0 Å². The molecule has 1 aromatic carbocycles. The van der Waals surface area contributed by atoms with Gasteiger partial charge in [-0.2, -0.15) is 0 Å². The number of carbonyl (C=O) groups excluding carboxylic acids is 4. The van der Waals surface area contributed by atoms with E-state index in [-0.39, 0.29) is 55.9 Å². The highest BCUT2D eigenvalue weighted by atomic mass is 16.7. The van der Waals surface area contributed by atoms with E-state index >= 15 is 0 Å². The van der Waals surface area contributed by atoms with Crippen molar-refractivity contribution in [1.82, 2.24) is 0 Å². The van der Waals surface area contributed by atoms with Gasteiger partial charge in [-0.05, 0) is 177 Å². The summed E-state index contributed by atoms with van der Waals surface area (Å²) in [4.78, 5) is 56.1. The summed E-state index contributed by atoms with van der Waals surface area (Å²) in [7, 11) is 1.51. The van der Waals surface area contributed by atoms with Crippen LogP contribution in [0.3, 0.4) is 0 Å². The molecule has 8 heteroatoms. The normalized spacial score (nSPS) is 49.5. The van der Waals surface area contributed by atoms with Gasteiger partial charge in [0.2, 0.25) is 11.4 Å². The SMILES string of the molecule is COC(=O)C1(C)CCC2(C)CCC3(C)C4=CC=C5C(=CC(=O)C6(O)Oc7cc8c(c(C)c7OC56C)C(=O)C=C5C8(C)CCC6(C)C7CC(C)C(=O)CC7(C)CCC56C)C4(C)CCC3(C)C2C1. The fourth-order valence-corrected chi connectivity index (χ4v) is 18.4. The number of rotatable bonds is 1. The maximum Gasteiger partial charge on any atom is 0.317 e. The molecule has 14 atom stereocenters. The monoisotopic (exact) mass is 899 g/mol. The van der Waals surface area contributed by atoms with E-state index < -0.39 is 33.4 Å². The average molecular weight is 899 g/mol. The molecule has 0 amide bonds. The lowest BCUT2D eigenvalue weighted by atomic mass is 9.34. The van der Waals surface area contributed by atoms with Gasteiger partial charge in [0.05, 0.1) is 12.5 Å². The van der Waals surface area contributed by atoms with Gasteiger partial charge in [0.15, 0.2) is 17.3 Å². The molecule has 0 bridgehead atoms. The summed E-state index contributed by atoms with van der Waals surface area (Å²) in [5.41, 5.74) is 2.50. The molecule has 66 heavy (non-hydrogen) atoms. The minimum atomic E-state index is -2.35. The third-order valence-corrected chi connectivity index (χ3v) is 23.3. The van der Waals surface area contributed by atoms with Crippen molar-refractivity contribution in [2.75, 3.05) is 7.11 Å². The van der Waals surface area contributed by atoms with Crippen molar-refractivity contribution in [2.24, 2.45) is 61.1 Å². The van der Waals surface area contributed by atoms with Crippen LogP contribution in [0.4, 0.5) is 0 Å². The standard InChI is InChI=1S/C58H74O8/c1-32-26-41-49(4,30-38(32)60)19-23-55(10)42-29-37(59)45-33(2)46-39(27-36(45)52(42,7)21-24-54(41,55)9)65-58(63)44(61)28-35-34(57(58,12)66-46)14-15-40-51(35,6)20-25-56(11)43-31-50(5,47(62)64-13)17-16-48(43,3)18-22-53(40,56)8/h14-15,27-29,32,41,43,63H,16-26,30-31H2,1-13H3. The lowest BCUT2D eigenvalue weighted by molar-refractivity contribution is -0.231. The van der Waals surface area contributed by atoms with Gasteiger partial charge in [-0.15, -0.1) is 0 Å². The van der Waals surface area contributed by atoms with Crippen LogP contribution in [0.25, 0.3) is 0 Å². The number of allylic oxidation sites excluding steroid dienone is 5. The quantitative estimate of drug-likeness (QED) is 0.277. The Morgan fingerprint density at radius 2 is 1.33 bits per heavy atom. The lowest BCUT2D eigenvalue weighted by Gasteiger charge is -2.70. The molecule has 0 spiro atoms. The van der Waals surface area contributed by atoms with Crippen LogP contribution in [0, 0.1) is 68.0 Å². The molecule has 6 fully saturated rings. The van der Waals surface area contributed by atoms with E-state index in [1.807, 2.05) is 19.1 Å². The summed E-state index contributed by atoms with van der Waals surface area (Å²) in [6.07, 6.45) is 19.5. The minimum Gasteiger partial charge on any atom is -0.471 e. The first-order chi connectivity index (χ1) is 30.6. The Hall–Kier alpha value is -3.78. The summed E-state index contributed by atoms with van der Waals surface area (Å²) < 4.78 is 19.3. The zero-order valence-electron chi connectivity index (χ0n) is 42.1. The Kier molecular flexibility index (Phi) is 8.73. The Morgan fingerprint density at radius 1 is 0.712 bits per heavy atom. The molecule has 10 aliphatic rings. The average Bonchev–Trinajstić information content (AvgIpc) is 3.25. The highest BCUT2D eigenvalue weighted by molar-refractivity contribution is 6.10. The van der Waals surface area contributed by atoms with Crippen LogP contribution in [-0.2, 0) is 24.5 Å². The Balaban J connectivity index is 0.977. The van der Waals surface area contributed by atoms with E-state index in [4.69, 9.17) is 14.2 Å². The van der Waals surface area contributed by atoms with Crippen molar-refractivity contribution < 1.29 is 38.5 Å². The Bertz CT molecular complexity index is 2630. The summed E-state index contributed by atoms with van der Waals surface area (Å²) in [5, 5.41) is 12.8. The van der Waals surface area contributed by atoms with E-state index in [2.05, 4.69) is 81.4 Å². The number of ketones is 3. The number of fused-ring (bicyclic) bond motifs is 17. The molecule has 8 nitrogen and oxygen atoms in total. The van der Waals surface area contributed by atoms with E-state index in [0.717, 1.165) is 99.3 Å². The first-order valence-corrected chi connectivity index (χ1v) is 25.5. The highest BCUT2D eigenvalue weighted by Crippen LogP contribution is 2.77. The van der Waals surface area contributed by atoms with Crippen LogP contribution in [0.5, 0.6) is 11.5 Å². The summed E-state index contributed by atoms with van der Waals surface area (Å²) in [6.45, 7) is 27.0. The third kappa shape index (κ3) is 4.92. The van der Waals surface area contributed by atoms with Crippen LogP contribution < -0.4 is 9.47 Å². The smallest absolute Gasteiger partial charge is 0.317 e. The van der Waals surface area contributed by atoms with Gasteiger partial charge in [-0.3, -0.25) is 19.2 Å². The third-order valence-electron chi connectivity index (χ3n) is 23.3. The molecule has 1 aliphatic heterocycles. The van der Waals surface area contributed by atoms with Crippen molar-refractivity contribution >= 4 is 23.3 Å². The lowest BCUT2D eigenvalue weighted by Crippen LogP contribution is -2.70. The maximum atomic E-state index is 14.9. The molecule has 9 aliphatic carbocycles. The molecule has 1 heterocycles. The van der Waals surface area contributed by atoms with Gasteiger partial charge in [-0.25, -0.2) is 0 Å². The molecular weight excluding hydrogens is 825 g/mol. The van der Waals surface area contributed by atoms with Gasteiger partial charge in [0.25, 0.3) is 0 Å². The predicted molar refractivity (Wildman–Crippen MR) is 253 cm³/mol. The van der Waals surface area contributed by atoms with Gasteiger partial charge in [0.1, 0.15) is 5.78 Å². The van der Waals surface area contributed by atoms with Crippen molar-refractivity contribution in [3.63, 3.8) is 0 Å². The predicted octanol–water partition coefficient (Wildman–Crippen LogP) is 11.8. The first kappa shape index (κ1) is 44.7. The number of hydrogen-bond donors (Lipinski definition) is 1. The molecule has 1 aromatic rings. The molecule has 14 unspecified atom stereocenters. The van der Waals surface area contributed by atoms with E-state index in [0.29, 0.717) is 40.9 Å². The molecule has 354 valence electrons. The summed E-state index contributed by atoms with van der Waals surface area (Å²) in [5.74, 6) is -1.25.